The Balaban J connectivity index is 2.02. The highest BCUT2D eigenvalue weighted by molar-refractivity contribution is 8.00. The Kier molecular flexibility index (Phi) is 4.22. The van der Waals surface area contributed by atoms with E-state index in [4.69, 9.17) is 0 Å². The molecule has 1 aromatic carbocycles. The molecule has 0 radical (unpaired) electrons. The highest BCUT2D eigenvalue weighted by Crippen LogP contribution is 2.42. The van der Waals surface area contributed by atoms with Crippen LogP contribution in [0.5, 0.6) is 0 Å². The van der Waals surface area contributed by atoms with Gasteiger partial charge in [0.1, 0.15) is 0 Å². The van der Waals surface area contributed by atoms with Crippen LogP contribution in [0.2, 0.25) is 0 Å². The van der Waals surface area contributed by atoms with Crippen LogP contribution in [0.1, 0.15) is 24.0 Å². The smallest absolute Gasteiger partial charge is 0.320 e. The van der Waals surface area contributed by atoms with Gasteiger partial charge in [0, 0.05) is 10.1 Å². The number of benzene rings is 1. The fraction of sp³-hybridized carbons (Fsp3) is 0.538. The molecule has 100 valence electrons. The van der Waals surface area contributed by atoms with E-state index in [2.05, 4.69) is 5.32 Å². The van der Waals surface area contributed by atoms with Crippen LogP contribution in [-0.2, 0) is 12.6 Å². The van der Waals surface area contributed by atoms with Crippen molar-refractivity contribution in [3.63, 3.8) is 0 Å². The minimum absolute atomic E-state index is 0.428. The first-order valence-corrected chi connectivity index (χ1v) is 6.90. The van der Waals surface area contributed by atoms with E-state index >= 15 is 0 Å². The van der Waals surface area contributed by atoms with Crippen LogP contribution in [0.4, 0.5) is 13.2 Å². The van der Waals surface area contributed by atoms with Crippen molar-refractivity contribution in [2.75, 3.05) is 13.6 Å². The standard InChI is InChI=1S/C13H16F3NS/c1-17-6-2-3-11-7-9-4-5-10(13(14,15)16)8-12(9)18-11/h4-5,8,11,17H,2-3,6-7H2,1H3. The molecule has 1 N–H and O–H groups in total. The molecule has 0 aromatic heterocycles. The quantitative estimate of drug-likeness (QED) is 0.840. The highest BCUT2D eigenvalue weighted by Gasteiger charge is 2.32. The van der Waals surface area contributed by atoms with Crippen molar-refractivity contribution in [2.24, 2.45) is 0 Å². The van der Waals surface area contributed by atoms with E-state index in [1.807, 2.05) is 7.05 Å². The minimum atomic E-state index is -4.24. The molecule has 1 aliphatic heterocycles. The number of rotatable bonds is 4. The molecule has 0 bridgehead atoms. The molecule has 1 atom stereocenters. The summed E-state index contributed by atoms with van der Waals surface area (Å²) in [4.78, 5) is 0.805. The zero-order chi connectivity index (χ0) is 13.2. The molecule has 1 aromatic rings. The van der Waals surface area contributed by atoms with Crippen LogP contribution in [0, 0.1) is 0 Å². The average molecular weight is 275 g/mol. The lowest BCUT2D eigenvalue weighted by atomic mass is 10.1. The van der Waals surface area contributed by atoms with Crippen molar-refractivity contribution in [2.45, 2.75) is 35.6 Å². The van der Waals surface area contributed by atoms with Gasteiger partial charge < -0.3 is 5.32 Å². The van der Waals surface area contributed by atoms with E-state index in [1.165, 1.54) is 12.1 Å². The van der Waals surface area contributed by atoms with E-state index in [0.29, 0.717) is 5.25 Å². The summed E-state index contributed by atoms with van der Waals surface area (Å²) in [5, 5.41) is 3.51. The predicted octanol–water partition coefficient (Wildman–Crippen LogP) is 3.72. The summed E-state index contributed by atoms with van der Waals surface area (Å²) >= 11 is 1.59. The fourth-order valence-electron chi connectivity index (χ4n) is 2.14. The summed E-state index contributed by atoms with van der Waals surface area (Å²) in [6.45, 7) is 0.960. The van der Waals surface area contributed by atoms with Gasteiger partial charge in [-0.25, -0.2) is 0 Å². The Labute approximate surface area is 109 Å². The van der Waals surface area contributed by atoms with Crippen LogP contribution in [0.15, 0.2) is 23.1 Å². The van der Waals surface area contributed by atoms with Gasteiger partial charge in [-0.15, -0.1) is 11.8 Å². The van der Waals surface area contributed by atoms with Gasteiger partial charge in [-0.2, -0.15) is 13.2 Å². The minimum Gasteiger partial charge on any atom is -0.320 e. The molecule has 18 heavy (non-hydrogen) atoms. The molecule has 5 heteroatoms. The van der Waals surface area contributed by atoms with Crippen LogP contribution in [0.3, 0.4) is 0 Å². The second-order valence-corrected chi connectivity index (χ2v) is 5.85. The SMILES string of the molecule is CNCCCC1Cc2ccc(C(F)(F)F)cc2S1. The number of alkyl halides is 3. The molecule has 0 saturated heterocycles. The fourth-order valence-corrected chi connectivity index (χ4v) is 3.55. The summed E-state index contributed by atoms with van der Waals surface area (Å²) in [6.07, 6.45) is -1.24. The Hall–Kier alpha value is -0.680. The maximum atomic E-state index is 12.6. The summed E-state index contributed by atoms with van der Waals surface area (Å²) < 4.78 is 37.8. The molecule has 0 saturated carbocycles. The van der Waals surface area contributed by atoms with E-state index in [0.717, 1.165) is 36.3 Å². The van der Waals surface area contributed by atoms with Gasteiger partial charge in [0.2, 0.25) is 0 Å². The lowest BCUT2D eigenvalue weighted by Gasteiger charge is -2.08. The molecule has 0 amide bonds. The van der Waals surface area contributed by atoms with Crippen molar-refractivity contribution in [3.8, 4) is 0 Å². The van der Waals surface area contributed by atoms with Crippen molar-refractivity contribution in [3.05, 3.63) is 29.3 Å². The van der Waals surface area contributed by atoms with E-state index < -0.39 is 11.7 Å². The summed E-state index contributed by atoms with van der Waals surface area (Å²) in [5.74, 6) is 0. The third-order valence-electron chi connectivity index (χ3n) is 3.09. The first-order chi connectivity index (χ1) is 8.50. The molecule has 0 aliphatic carbocycles. The molecule has 0 spiro atoms. The largest absolute Gasteiger partial charge is 0.416 e. The zero-order valence-corrected chi connectivity index (χ0v) is 11.0. The predicted molar refractivity (Wildman–Crippen MR) is 68.0 cm³/mol. The van der Waals surface area contributed by atoms with Crippen LogP contribution >= 0.6 is 11.8 Å². The van der Waals surface area contributed by atoms with Crippen molar-refractivity contribution >= 4 is 11.8 Å². The molecular weight excluding hydrogens is 259 g/mol. The summed E-state index contributed by atoms with van der Waals surface area (Å²) in [7, 11) is 1.91. The van der Waals surface area contributed by atoms with Gasteiger partial charge in [0.25, 0.3) is 0 Å². The van der Waals surface area contributed by atoms with Crippen molar-refractivity contribution in [1.82, 2.24) is 5.32 Å². The van der Waals surface area contributed by atoms with Crippen LogP contribution in [0.25, 0.3) is 0 Å². The van der Waals surface area contributed by atoms with Gasteiger partial charge in [0.05, 0.1) is 5.56 Å². The maximum absolute atomic E-state index is 12.6. The lowest BCUT2D eigenvalue weighted by molar-refractivity contribution is -0.137. The molecule has 1 nitrogen and oxygen atoms in total. The lowest BCUT2D eigenvalue weighted by Crippen LogP contribution is -2.10. The molecule has 2 rings (SSSR count). The van der Waals surface area contributed by atoms with Crippen LogP contribution < -0.4 is 5.32 Å². The monoisotopic (exact) mass is 275 g/mol. The van der Waals surface area contributed by atoms with E-state index in [9.17, 15) is 13.2 Å². The first-order valence-electron chi connectivity index (χ1n) is 6.02. The highest BCUT2D eigenvalue weighted by atomic mass is 32.2. The second-order valence-electron chi connectivity index (χ2n) is 4.51. The molecule has 1 heterocycles. The molecule has 1 unspecified atom stereocenters. The summed E-state index contributed by atoms with van der Waals surface area (Å²) in [5.41, 5.74) is 0.520. The van der Waals surface area contributed by atoms with E-state index in [-0.39, 0.29) is 0 Å². The average Bonchev–Trinajstić information content (AvgIpc) is 2.69. The summed E-state index contributed by atoms with van der Waals surface area (Å²) in [6, 6.07) is 4.11. The third kappa shape index (κ3) is 3.20. The second kappa shape index (κ2) is 5.53. The van der Waals surface area contributed by atoms with Crippen molar-refractivity contribution < 1.29 is 13.2 Å². The van der Waals surface area contributed by atoms with Crippen molar-refractivity contribution in [1.29, 1.82) is 0 Å². The number of nitrogens with one attached hydrogen (secondary N) is 1. The van der Waals surface area contributed by atoms with Gasteiger partial charge in [-0.3, -0.25) is 0 Å². The topological polar surface area (TPSA) is 12.0 Å². The van der Waals surface area contributed by atoms with Gasteiger partial charge in [-0.05, 0) is 50.6 Å². The Morgan fingerprint density at radius 2 is 2.17 bits per heavy atom. The first kappa shape index (κ1) is 13.7. The Morgan fingerprint density at radius 3 is 2.83 bits per heavy atom. The van der Waals surface area contributed by atoms with Gasteiger partial charge in [-0.1, -0.05) is 6.07 Å². The number of hydrogen-bond acceptors (Lipinski definition) is 2. The number of fused-ring (bicyclic) bond motifs is 1. The zero-order valence-electron chi connectivity index (χ0n) is 10.2. The van der Waals surface area contributed by atoms with Gasteiger partial charge in [0.15, 0.2) is 0 Å². The number of halogens is 3. The maximum Gasteiger partial charge on any atom is 0.416 e. The Morgan fingerprint density at radius 1 is 1.39 bits per heavy atom. The normalized spacial score (nSPS) is 19.0. The molecular formula is C13H16F3NS. The van der Waals surface area contributed by atoms with E-state index in [1.54, 1.807) is 17.8 Å². The molecule has 0 fully saturated rings. The van der Waals surface area contributed by atoms with Crippen LogP contribution in [-0.4, -0.2) is 18.8 Å². The number of hydrogen-bond donors (Lipinski definition) is 1. The van der Waals surface area contributed by atoms with Gasteiger partial charge >= 0.3 is 6.18 Å². The molecule has 1 aliphatic rings. The Bertz CT molecular complexity index is 417. The number of thioether (sulfide) groups is 1. The third-order valence-corrected chi connectivity index (χ3v) is 4.46.